The van der Waals surface area contributed by atoms with E-state index in [1.807, 2.05) is 0 Å². The van der Waals surface area contributed by atoms with Crippen molar-refractivity contribution in [3.8, 4) is 5.75 Å². The van der Waals surface area contributed by atoms with Gasteiger partial charge in [0.15, 0.2) is 15.9 Å². The first-order chi connectivity index (χ1) is 14.5. The second-order valence-electron chi connectivity index (χ2n) is 7.29. The van der Waals surface area contributed by atoms with Crippen LogP contribution in [0.3, 0.4) is 0 Å². The van der Waals surface area contributed by atoms with Crippen LogP contribution in [0.15, 0.2) is 53.4 Å². The quantitative estimate of drug-likeness (QED) is 0.660. The number of carbonyl (C=O) groups is 1. The highest BCUT2D eigenvalue weighted by Crippen LogP contribution is 2.25. The highest BCUT2D eigenvalue weighted by Gasteiger charge is 2.30. The number of sulfonamides is 1. The Bertz CT molecular complexity index is 1150. The average Bonchev–Trinajstić information content (AvgIpc) is 3.06. The molecule has 2 aromatic carbocycles. The van der Waals surface area contributed by atoms with Gasteiger partial charge >= 0.3 is 0 Å². The van der Waals surface area contributed by atoms with Crippen LogP contribution < -0.4 is 14.4 Å². The number of sulfone groups is 1. The maximum absolute atomic E-state index is 13.1. The molecular formula is C20H23FN2O6S2. The molecule has 1 aliphatic heterocycles. The fraction of sp³-hybridized carbons (Fsp3) is 0.350. The van der Waals surface area contributed by atoms with Gasteiger partial charge in [-0.05, 0) is 61.9 Å². The Balaban J connectivity index is 1.63. The van der Waals surface area contributed by atoms with Crippen LogP contribution in [0.25, 0.3) is 0 Å². The maximum Gasteiger partial charge on any atom is 0.264 e. The Labute approximate surface area is 181 Å². The molecule has 1 fully saturated rings. The molecule has 168 valence electrons. The Morgan fingerprint density at radius 1 is 1.16 bits per heavy atom. The van der Waals surface area contributed by atoms with Crippen LogP contribution >= 0.6 is 0 Å². The highest BCUT2D eigenvalue weighted by atomic mass is 32.2. The molecule has 11 heteroatoms. The monoisotopic (exact) mass is 470 g/mol. The Morgan fingerprint density at radius 2 is 1.77 bits per heavy atom. The number of benzene rings is 2. The lowest BCUT2D eigenvalue weighted by Gasteiger charge is -2.21. The van der Waals surface area contributed by atoms with Gasteiger partial charge in [0.05, 0.1) is 22.1 Å². The summed E-state index contributed by atoms with van der Waals surface area (Å²) in [6.45, 7) is 1.54. The van der Waals surface area contributed by atoms with Crippen molar-refractivity contribution in [1.82, 2.24) is 5.32 Å². The van der Waals surface area contributed by atoms with E-state index in [0.29, 0.717) is 17.9 Å². The van der Waals surface area contributed by atoms with Crippen molar-refractivity contribution < 1.29 is 30.8 Å². The number of hydrogen-bond acceptors (Lipinski definition) is 6. The summed E-state index contributed by atoms with van der Waals surface area (Å²) in [6, 6.07) is 10.2. The third kappa shape index (κ3) is 5.53. The molecular weight excluding hydrogens is 447 g/mol. The first kappa shape index (κ1) is 23.0. The summed E-state index contributed by atoms with van der Waals surface area (Å²) in [5, 5.41) is 2.67. The molecule has 0 aliphatic carbocycles. The van der Waals surface area contributed by atoms with Gasteiger partial charge in [0.1, 0.15) is 11.6 Å². The van der Waals surface area contributed by atoms with Gasteiger partial charge < -0.3 is 10.1 Å². The van der Waals surface area contributed by atoms with Crippen LogP contribution in [0.2, 0.25) is 0 Å². The minimum absolute atomic E-state index is 0.0454. The number of anilines is 1. The standard InChI is InChI=1S/C20H23FN2O6S2/c1-14(20(24)22-16-11-12-30(25,26)13-16)29-18-7-5-17(6-8-18)23(2)31(27,28)19-9-3-15(21)4-10-19/h3-10,14,16H,11-13H2,1-2H3,(H,22,24). The van der Waals surface area contributed by atoms with Gasteiger partial charge in [-0.15, -0.1) is 0 Å². The van der Waals surface area contributed by atoms with E-state index in [9.17, 15) is 26.0 Å². The zero-order chi connectivity index (χ0) is 22.8. The van der Waals surface area contributed by atoms with E-state index >= 15 is 0 Å². The van der Waals surface area contributed by atoms with Crippen molar-refractivity contribution in [2.45, 2.75) is 30.4 Å². The fourth-order valence-corrected chi connectivity index (χ4v) is 5.99. The number of halogens is 1. The van der Waals surface area contributed by atoms with Crippen LogP contribution in [0.5, 0.6) is 5.75 Å². The van der Waals surface area contributed by atoms with Crippen LogP contribution in [0, 0.1) is 5.82 Å². The van der Waals surface area contributed by atoms with Crippen molar-refractivity contribution >= 4 is 31.5 Å². The van der Waals surface area contributed by atoms with Gasteiger partial charge in [-0.25, -0.2) is 21.2 Å². The lowest BCUT2D eigenvalue weighted by molar-refractivity contribution is -0.127. The molecule has 1 N–H and O–H groups in total. The molecule has 0 spiro atoms. The SMILES string of the molecule is CC(Oc1ccc(N(C)S(=O)(=O)c2ccc(F)cc2)cc1)C(=O)NC1CCS(=O)(=O)C1. The zero-order valence-corrected chi connectivity index (χ0v) is 18.6. The predicted molar refractivity (Wildman–Crippen MR) is 114 cm³/mol. The van der Waals surface area contributed by atoms with Crippen LogP contribution in [-0.4, -0.2) is 53.4 Å². The van der Waals surface area contributed by atoms with E-state index in [2.05, 4.69) is 5.32 Å². The third-order valence-electron chi connectivity index (χ3n) is 4.93. The van der Waals surface area contributed by atoms with E-state index in [1.54, 1.807) is 0 Å². The molecule has 0 radical (unpaired) electrons. The lowest BCUT2D eigenvalue weighted by atomic mass is 10.2. The van der Waals surface area contributed by atoms with Crippen molar-refractivity contribution in [2.24, 2.45) is 0 Å². The highest BCUT2D eigenvalue weighted by molar-refractivity contribution is 7.92. The van der Waals surface area contributed by atoms with Gasteiger partial charge in [-0.2, -0.15) is 0 Å². The summed E-state index contributed by atoms with van der Waals surface area (Å²) in [4.78, 5) is 12.2. The first-order valence-corrected chi connectivity index (χ1v) is 12.8. The summed E-state index contributed by atoms with van der Waals surface area (Å²) < 4.78 is 68.1. The number of carbonyl (C=O) groups excluding carboxylic acids is 1. The summed E-state index contributed by atoms with van der Waals surface area (Å²) in [5.74, 6) is -0.631. The molecule has 31 heavy (non-hydrogen) atoms. The molecule has 1 heterocycles. The van der Waals surface area contributed by atoms with Gasteiger partial charge in [-0.3, -0.25) is 9.10 Å². The first-order valence-electron chi connectivity index (χ1n) is 9.50. The molecule has 2 unspecified atom stereocenters. The summed E-state index contributed by atoms with van der Waals surface area (Å²) >= 11 is 0. The summed E-state index contributed by atoms with van der Waals surface area (Å²) in [6.07, 6.45) is -0.487. The van der Waals surface area contributed by atoms with Crippen LogP contribution in [0.4, 0.5) is 10.1 Å². The van der Waals surface area contributed by atoms with E-state index in [0.717, 1.165) is 16.4 Å². The van der Waals surface area contributed by atoms with Crippen molar-refractivity contribution in [1.29, 1.82) is 0 Å². The predicted octanol–water partition coefficient (Wildman–Crippen LogP) is 1.72. The minimum Gasteiger partial charge on any atom is -0.481 e. The zero-order valence-electron chi connectivity index (χ0n) is 17.0. The maximum atomic E-state index is 13.1. The minimum atomic E-state index is -3.87. The molecule has 1 saturated heterocycles. The molecule has 1 amide bonds. The smallest absolute Gasteiger partial charge is 0.264 e. The Kier molecular flexibility index (Phi) is 6.56. The molecule has 2 aromatic rings. The number of rotatable bonds is 7. The van der Waals surface area contributed by atoms with E-state index in [1.165, 1.54) is 50.4 Å². The second kappa shape index (κ2) is 8.83. The number of hydrogen-bond donors (Lipinski definition) is 1. The van der Waals surface area contributed by atoms with Crippen LogP contribution in [0.1, 0.15) is 13.3 Å². The summed E-state index contributed by atoms with van der Waals surface area (Å²) in [5.41, 5.74) is 0.352. The lowest BCUT2D eigenvalue weighted by Crippen LogP contribution is -2.43. The number of ether oxygens (including phenoxy) is 1. The molecule has 3 rings (SSSR count). The van der Waals surface area contributed by atoms with Gasteiger partial charge in [0.2, 0.25) is 0 Å². The number of nitrogens with zero attached hydrogens (tertiary/aromatic N) is 1. The van der Waals surface area contributed by atoms with Gasteiger partial charge in [-0.1, -0.05) is 0 Å². The molecule has 2 atom stereocenters. The van der Waals surface area contributed by atoms with E-state index in [-0.39, 0.29) is 16.4 Å². The number of amides is 1. The molecule has 1 aliphatic rings. The van der Waals surface area contributed by atoms with E-state index < -0.39 is 43.7 Å². The average molecular weight is 471 g/mol. The van der Waals surface area contributed by atoms with E-state index in [4.69, 9.17) is 4.74 Å². The van der Waals surface area contributed by atoms with Crippen molar-refractivity contribution in [3.63, 3.8) is 0 Å². The van der Waals surface area contributed by atoms with Crippen LogP contribution in [-0.2, 0) is 24.7 Å². The molecule has 0 aromatic heterocycles. The Morgan fingerprint density at radius 3 is 2.32 bits per heavy atom. The Hall–Kier alpha value is -2.66. The third-order valence-corrected chi connectivity index (χ3v) is 8.50. The fourth-order valence-electron chi connectivity index (χ4n) is 3.12. The van der Waals surface area contributed by atoms with Gasteiger partial charge in [0.25, 0.3) is 15.9 Å². The van der Waals surface area contributed by atoms with Crippen molar-refractivity contribution in [2.75, 3.05) is 22.9 Å². The molecule has 0 bridgehead atoms. The summed E-state index contributed by atoms with van der Waals surface area (Å²) in [7, 11) is -5.59. The second-order valence-corrected chi connectivity index (χ2v) is 11.5. The molecule has 8 nitrogen and oxygen atoms in total. The normalized spacial score (nSPS) is 18.9. The molecule has 0 saturated carbocycles. The topological polar surface area (TPSA) is 110 Å². The van der Waals surface area contributed by atoms with Crippen molar-refractivity contribution in [3.05, 3.63) is 54.3 Å². The van der Waals surface area contributed by atoms with Gasteiger partial charge in [0, 0.05) is 13.1 Å². The number of nitrogens with one attached hydrogen (secondary N) is 1. The largest absolute Gasteiger partial charge is 0.481 e.